The Morgan fingerprint density at radius 1 is 1.47 bits per heavy atom. The van der Waals surface area contributed by atoms with Crippen LogP contribution in [-0.4, -0.2) is 42.1 Å². The van der Waals surface area contributed by atoms with Crippen LogP contribution < -0.4 is 5.32 Å². The third kappa shape index (κ3) is 4.04. The van der Waals surface area contributed by atoms with E-state index in [1.165, 1.54) is 12.8 Å². The van der Waals surface area contributed by atoms with Gasteiger partial charge in [-0.15, -0.1) is 0 Å². The maximum absolute atomic E-state index is 11.7. The van der Waals surface area contributed by atoms with Gasteiger partial charge in [0.15, 0.2) is 0 Å². The molecule has 1 aromatic carbocycles. The largest absolute Gasteiger partial charge is 0.387 e. The van der Waals surface area contributed by atoms with Crippen molar-refractivity contribution < 1.29 is 9.90 Å². The molecule has 0 heterocycles. The number of aryl methyl sites for hydroxylation is 1. The molecule has 0 saturated heterocycles. The quantitative estimate of drug-likeness (QED) is 0.811. The fourth-order valence-electron chi connectivity index (χ4n) is 2.21. The minimum Gasteiger partial charge on any atom is -0.387 e. The van der Waals surface area contributed by atoms with Crippen LogP contribution in [0.25, 0.3) is 0 Å². The first kappa shape index (κ1) is 14.0. The summed E-state index contributed by atoms with van der Waals surface area (Å²) in [5.74, 6) is -0.0259. The van der Waals surface area contributed by atoms with Crippen molar-refractivity contribution in [3.8, 4) is 0 Å². The summed E-state index contributed by atoms with van der Waals surface area (Å²) < 4.78 is 0. The molecular weight excluding hydrogens is 240 g/mol. The molecule has 2 rings (SSSR count). The highest BCUT2D eigenvalue weighted by atomic mass is 16.3. The van der Waals surface area contributed by atoms with E-state index < -0.39 is 6.10 Å². The third-order valence-electron chi connectivity index (χ3n) is 3.60. The Labute approximate surface area is 114 Å². The molecule has 0 aliphatic heterocycles. The van der Waals surface area contributed by atoms with Crippen molar-refractivity contribution in [2.45, 2.75) is 31.9 Å². The molecule has 1 aromatic rings. The van der Waals surface area contributed by atoms with Crippen molar-refractivity contribution in [1.82, 2.24) is 10.2 Å². The van der Waals surface area contributed by atoms with Crippen LogP contribution in [0, 0.1) is 6.92 Å². The molecule has 104 valence electrons. The normalized spacial score (nSPS) is 16.4. The zero-order valence-electron chi connectivity index (χ0n) is 11.6. The van der Waals surface area contributed by atoms with Crippen molar-refractivity contribution in [2.24, 2.45) is 0 Å². The van der Waals surface area contributed by atoms with Gasteiger partial charge in [0.25, 0.3) is 0 Å². The molecule has 1 fully saturated rings. The first-order valence-corrected chi connectivity index (χ1v) is 6.78. The van der Waals surface area contributed by atoms with Crippen LogP contribution in [0.5, 0.6) is 0 Å². The van der Waals surface area contributed by atoms with Crippen LogP contribution in [0.4, 0.5) is 0 Å². The van der Waals surface area contributed by atoms with Gasteiger partial charge in [0.1, 0.15) is 0 Å². The molecule has 0 spiro atoms. The molecule has 19 heavy (non-hydrogen) atoms. The van der Waals surface area contributed by atoms with Crippen LogP contribution in [0.2, 0.25) is 0 Å². The van der Waals surface area contributed by atoms with Crippen molar-refractivity contribution in [3.05, 3.63) is 35.4 Å². The van der Waals surface area contributed by atoms with E-state index in [1.807, 2.05) is 38.2 Å². The summed E-state index contributed by atoms with van der Waals surface area (Å²) in [5, 5.41) is 12.9. The van der Waals surface area contributed by atoms with Crippen LogP contribution >= 0.6 is 0 Å². The first-order chi connectivity index (χ1) is 9.08. The molecule has 1 aliphatic carbocycles. The van der Waals surface area contributed by atoms with E-state index in [1.54, 1.807) is 0 Å². The second kappa shape index (κ2) is 6.17. The molecule has 4 heteroatoms. The number of aliphatic hydroxyl groups excluding tert-OH is 1. The van der Waals surface area contributed by atoms with Crippen LogP contribution in [0.1, 0.15) is 30.1 Å². The Bertz CT molecular complexity index is 444. The number of amides is 1. The summed E-state index contributed by atoms with van der Waals surface area (Å²) in [6, 6.07) is 8.26. The standard InChI is InChI=1S/C15H22N2O2/c1-11-5-3-4-6-13(11)14(18)9-16-15(19)10-17(2)12-7-8-12/h3-6,12,14,18H,7-10H2,1-2H3,(H,16,19). The Kier molecular flexibility index (Phi) is 4.56. The molecule has 0 radical (unpaired) electrons. The number of hydrogen-bond acceptors (Lipinski definition) is 3. The number of benzene rings is 1. The van der Waals surface area contributed by atoms with E-state index in [0.717, 1.165) is 11.1 Å². The number of rotatable bonds is 6. The highest BCUT2D eigenvalue weighted by molar-refractivity contribution is 5.78. The van der Waals surface area contributed by atoms with Gasteiger partial charge >= 0.3 is 0 Å². The molecule has 1 atom stereocenters. The van der Waals surface area contributed by atoms with E-state index in [2.05, 4.69) is 10.2 Å². The van der Waals surface area contributed by atoms with Gasteiger partial charge in [-0.2, -0.15) is 0 Å². The van der Waals surface area contributed by atoms with E-state index in [9.17, 15) is 9.90 Å². The fourth-order valence-corrected chi connectivity index (χ4v) is 2.21. The summed E-state index contributed by atoms with van der Waals surface area (Å²) in [6.45, 7) is 2.63. The first-order valence-electron chi connectivity index (χ1n) is 6.78. The zero-order valence-corrected chi connectivity index (χ0v) is 11.6. The van der Waals surface area contributed by atoms with E-state index >= 15 is 0 Å². The predicted octanol–water partition coefficient (Wildman–Crippen LogP) is 1.24. The zero-order chi connectivity index (χ0) is 13.8. The average molecular weight is 262 g/mol. The highest BCUT2D eigenvalue weighted by Gasteiger charge is 2.27. The Morgan fingerprint density at radius 3 is 2.79 bits per heavy atom. The number of carbonyl (C=O) groups excluding carboxylic acids is 1. The van der Waals surface area contributed by atoms with Gasteiger partial charge in [-0.1, -0.05) is 24.3 Å². The van der Waals surface area contributed by atoms with Crippen LogP contribution in [-0.2, 0) is 4.79 Å². The van der Waals surface area contributed by atoms with Crippen molar-refractivity contribution in [3.63, 3.8) is 0 Å². The molecule has 0 aromatic heterocycles. The number of likely N-dealkylation sites (N-methyl/N-ethyl adjacent to an activating group) is 1. The Balaban J connectivity index is 1.78. The number of nitrogens with zero attached hydrogens (tertiary/aromatic N) is 1. The fraction of sp³-hybridized carbons (Fsp3) is 0.533. The summed E-state index contributed by atoms with van der Waals surface area (Å²) >= 11 is 0. The van der Waals surface area contributed by atoms with Crippen molar-refractivity contribution in [2.75, 3.05) is 20.1 Å². The molecule has 1 saturated carbocycles. The summed E-state index contributed by atoms with van der Waals surface area (Å²) in [7, 11) is 1.97. The minimum atomic E-state index is -0.642. The number of nitrogens with one attached hydrogen (secondary N) is 1. The van der Waals surface area contributed by atoms with E-state index in [4.69, 9.17) is 0 Å². The Morgan fingerprint density at radius 2 is 2.16 bits per heavy atom. The van der Waals surface area contributed by atoms with Crippen LogP contribution in [0.3, 0.4) is 0 Å². The molecule has 2 N–H and O–H groups in total. The third-order valence-corrected chi connectivity index (χ3v) is 3.60. The van der Waals surface area contributed by atoms with Crippen molar-refractivity contribution in [1.29, 1.82) is 0 Å². The SMILES string of the molecule is Cc1ccccc1C(O)CNC(=O)CN(C)C1CC1. The topological polar surface area (TPSA) is 52.6 Å². The van der Waals surface area contributed by atoms with Gasteiger partial charge in [0, 0.05) is 12.6 Å². The lowest BCUT2D eigenvalue weighted by molar-refractivity contribution is -0.122. The summed E-state index contributed by atoms with van der Waals surface area (Å²) in [4.78, 5) is 13.8. The number of aliphatic hydroxyl groups is 1. The van der Waals surface area contributed by atoms with E-state index in [0.29, 0.717) is 12.6 Å². The molecular formula is C15H22N2O2. The molecule has 1 unspecified atom stereocenters. The van der Waals surface area contributed by atoms with Gasteiger partial charge in [-0.25, -0.2) is 0 Å². The van der Waals surface area contributed by atoms with Gasteiger partial charge in [-0.3, -0.25) is 9.69 Å². The maximum atomic E-state index is 11.7. The lowest BCUT2D eigenvalue weighted by Crippen LogP contribution is -2.38. The maximum Gasteiger partial charge on any atom is 0.234 e. The average Bonchev–Trinajstić information content (AvgIpc) is 3.20. The van der Waals surface area contributed by atoms with Gasteiger partial charge in [0.05, 0.1) is 12.6 Å². The lowest BCUT2D eigenvalue weighted by Gasteiger charge is -2.17. The van der Waals surface area contributed by atoms with E-state index in [-0.39, 0.29) is 12.5 Å². The lowest BCUT2D eigenvalue weighted by atomic mass is 10.0. The number of hydrogen-bond donors (Lipinski definition) is 2. The predicted molar refractivity (Wildman–Crippen MR) is 74.8 cm³/mol. The monoisotopic (exact) mass is 262 g/mol. The second-order valence-corrected chi connectivity index (χ2v) is 5.32. The molecule has 1 amide bonds. The van der Waals surface area contributed by atoms with Crippen LogP contribution in [0.15, 0.2) is 24.3 Å². The molecule has 0 bridgehead atoms. The second-order valence-electron chi connectivity index (χ2n) is 5.32. The smallest absolute Gasteiger partial charge is 0.234 e. The van der Waals surface area contributed by atoms with Gasteiger partial charge < -0.3 is 10.4 Å². The summed E-state index contributed by atoms with van der Waals surface area (Å²) in [5.41, 5.74) is 1.91. The van der Waals surface area contributed by atoms with Gasteiger partial charge in [-0.05, 0) is 37.9 Å². The number of carbonyl (C=O) groups is 1. The highest BCUT2D eigenvalue weighted by Crippen LogP contribution is 2.24. The Hall–Kier alpha value is -1.39. The van der Waals surface area contributed by atoms with Crippen molar-refractivity contribution >= 4 is 5.91 Å². The molecule has 1 aliphatic rings. The minimum absolute atomic E-state index is 0.0259. The summed E-state index contributed by atoms with van der Waals surface area (Å²) in [6.07, 6.45) is 1.74. The molecule has 4 nitrogen and oxygen atoms in total. The van der Waals surface area contributed by atoms with Gasteiger partial charge in [0.2, 0.25) is 5.91 Å².